The lowest BCUT2D eigenvalue weighted by Crippen LogP contribution is -2.00. The fourth-order valence-corrected chi connectivity index (χ4v) is 7.23. The lowest BCUT2D eigenvalue weighted by atomic mass is 9.99. The Hall–Kier alpha value is -5.65. The maximum atomic E-state index is 6.63. The highest BCUT2D eigenvalue weighted by molar-refractivity contribution is 7.25. The second kappa shape index (κ2) is 9.97. The van der Waals surface area contributed by atoms with Crippen LogP contribution in [0.2, 0.25) is 0 Å². The maximum Gasteiger partial charge on any atom is 0.164 e. The summed E-state index contributed by atoms with van der Waals surface area (Å²) in [5, 5.41) is 4.61. The monoisotopic (exact) mass is 581 g/mol. The second-order valence-corrected chi connectivity index (χ2v) is 11.9. The Balaban J connectivity index is 1.26. The van der Waals surface area contributed by atoms with E-state index < -0.39 is 0 Å². The average Bonchev–Trinajstić information content (AvgIpc) is 3.67. The molecule has 9 aromatic rings. The molecule has 0 bridgehead atoms. The first-order valence-electron chi connectivity index (χ1n) is 14.5. The lowest BCUT2D eigenvalue weighted by molar-refractivity contribution is 0.670. The molecule has 0 aliphatic carbocycles. The van der Waals surface area contributed by atoms with Crippen LogP contribution >= 0.6 is 11.3 Å². The van der Waals surface area contributed by atoms with Gasteiger partial charge in [0.15, 0.2) is 17.5 Å². The Morgan fingerprint density at radius 2 is 1.05 bits per heavy atom. The summed E-state index contributed by atoms with van der Waals surface area (Å²) in [7, 11) is 0. The van der Waals surface area contributed by atoms with E-state index in [0.717, 1.165) is 49.8 Å². The minimum atomic E-state index is 0.614. The standard InChI is InChI=1S/C39H23N3OS/c1-3-11-24(12-4-1)37-40-38(25-13-5-2-6-14-25)42-39(41-37)31-18-10-19-32-35(31)30-17-9-16-27(36(30)43-32)26-21-22-29-28-15-7-8-20-33(28)44-34(29)23-26/h1-23H. The van der Waals surface area contributed by atoms with Crippen LogP contribution in [0.15, 0.2) is 144 Å². The van der Waals surface area contributed by atoms with E-state index in [-0.39, 0.29) is 0 Å². The van der Waals surface area contributed by atoms with Crippen molar-refractivity contribution >= 4 is 53.4 Å². The van der Waals surface area contributed by atoms with E-state index in [1.165, 1.54) is 20.2 Å². The van der Waals surface area contributed by atoms with Crippen molar-refractivity contribution in [2.24, 2.45) is 0 Å². The molecule has 5 heteroatoms. The first-order chi connectivity index (χ1) is 21.8. The van der Waals surface area contributed by atoms with Gasteiger partial charge in [0, 0.05) is 53.2 Å². The molecule has 3 aromatic heterocycles. The van der Waals surface area contributed by atoms with Crippen LogP contribution in [0.1, 0.15) is 0 Å². The van der Waals surface area contributed by atoms with Crippen molar-refractivity contribution in [2.45, 2.75) is 0 Å². The number of rotatable bonds is 4. The zero-order valence-corrected chi connectivity index (χ0v) is 24.3. The third-order valence-corrected chi connectivity index (χ3v) is 9.29. The molecule has 3 heterocycles. The molecule has 0 saturated carbocycles. The zero-order chi connectivity index (χ0) is 29.0. The summed E-state index contributed by atoms with van der Waals surface area (Å²) < 4.78 is 9.20. The SMILES string of the molecule is c1ccc(-c2nc(-c3ccccc3)nc(-c3cccc4oc5c(-c6ccc7c(c6)sc6ccccc67)cccc5c34)n2)cc1. The molecule has 0 N–H and O–H groups in total. The molecular weight excluding hydrogens is 559 g/mol. The van der Waals surface area contributed by atoms with Gasteiger partial charge in [0.05, 0.1) is 0 Å². The highest BCUT2D eigenvalue weighted by Crippen LogP contribution is 2.42. The van der Waals surface area contributed by atoms with Crippen molar-refractivity contribution in [3.8, 4) is 45.3 Å². The van der Waals surface area contributed by atoms with Gasteiger partial charge in [0.25, 0.3) is 0 Å². The van der Waals surface area contributed by atoms with Gasteiger partial charge in [-0.25, -0.2) is 15.0 Å². The van der Waals surface area contributed by atoms with E-state index in [4.69, 9.17) is 19.4 Å². The molecule has 0 spiro atoms. The molecule has 0 unspecified atom stereocenters. The molecule has 0 atom stereocenters. The van der Waals surface area contributed by atoms with Gasteiger partial charge in [-0.05, 0) is 23.8 Å². The quantitative estimate of drug-likeness (QED) is 0.207. The Kier molecular flexibility index (Phi) is 5.64. The summed E-state index contributed by atoms with van der Waals surface area (Å²) in [4.78, 5) is 14.9. The van der Waals surface area contributed by atoms with Gasteiger partial charge in [-0.2, -0.15) is 0 Å². The number of aromatic nitrogens is 3. The largest absolute Gasteiger partial charge is 0.455 e. The number of fused-ring (bicyclic) bond motifs is 6. The van der Waals surface area contributed by atoms with E-state index in [9.17, 15) is 0 Å². The molecule has 4 nitrogen and oxygen atoms in total. The number of para-hydroxylation sites is 1. The third kappa shape index (κ3) is 4.02. The number of thiophene rings is 1. The van der Waals surface area contributed by atoms with E-state index in [0.29, 0.717) is 17.5 Å². The number of furan rings is 1. The van der Waals surface area contributed by atoms with E-state index >= 15 is 0 Å². The Morgan fingerprint density at radius 3 is 1.82 bits per heavy atom. The molecule has 0 aliphatic heterocycles. The summed E-state index contributed by atoms with van der Waals surface area (Å²) >= 11 is 1.83. The number of benzene rings is 6. The van der Waals surface area contributed by atoms with E-state index in [1.807, 2.05) is 84.1 Å². The van der Waals surface area contributed by atoms with Crippen LogP contribution in [0.5, 0.6) is 0 Å². The summed E-state index contributed by atoms with van der Waals surface area (Å²) in [5.41, 5.74) is 6.65. The molecule has 44 heavy (non-hydrogen) atoms. The first-order valence-corrected chi connectivity index (χ1v) is 15.3. The fraction of sp³-hybridized carbons (Fsp3) is 0. The van der Waals surface area contributed by atoms with Gasteiger partial charge in [0.1, 0.15) is 11.2 Å². The summed E-state index contributed by atoms with van der Waals surface area (Å²) in [6.07, 6.45) is 0. The van der Waals surface area contributed by atoms with Crippen LogP contribution in [-0.2, 0) is 0 Å². The highest BCUT2D eigenvalue weighted by atomic mass is 32.1. The fourth-order valence-electron chi connectivity index (χ4n) is 6.08. The molecule has 0 radical (unpaired) electrons. The van der Waals surface area contributed by atoms with Crippen LogP contribution in [0.25, 0.3) is 87.4 Å². The van der Waals surface area contributed by atoms with Crippen LogP contribution in [-0.4, -0.2) is 15.0 Å². The van der Waals surface area contributed by atoms with Gasteiger partial charge < -0.3 is 4.42 Å². The highest BCUT2D eigenvalue weighted by Gasteiger charge is 2.19. The number of hydrogen-bond donors (Lipinski definition) is 0. The summed E-state index contributed by atoms with van der Waals surface area (Å²) in [5.74, 6) is 1.89. The van der Waals surface area contributed by atoms with Crippen LogP contribution in [0.4, 0.5) is 0 Å². The van der Waals surface area contributed by atoms with E-state index in [2.05, 4.69) is 66.7 Å². The van der Waals surface area contributed by atoms with Gasteiger partial charge in [-0.15, -0.1) is 11.3 Å². The smallest absolute Gasteiger partial charge is 0.164 e. The molecule has 0 saturated heterocycles. The van der Waals surface area contributed by atoms with Crippen LogP contribution in [0, 0.1) is 0 Å². The molecule has 0 amide bonds. The first kappa shape index (κ1) is 24.9. The maximum absolute atomic E-state index is 6.63. The number of hydrogen-bond acceptors (Lipinski definition) is 5. The second-order valence-electron chi connectivity index (χ2n) is 10.8. The zero-order valence-electron chi connectivity index (χ0n) is 23.4. The summed E-state index contributed by atoms with van der Waals surface area (Å²) in [6, 6.07) is 47.9. The Bertz CT molecular complexity index is 2440. The van der Waals surface area contributed by atoms with Gasteiger partial charge >= 0.3 is 0 Å². The van der Waals surface area contributed by atoms with Gasteiger partial charge in [-0.1, -0.05) is 121 Å². The van der Waals surface area contributed by atoms with Crippen molar-refractivity contribution in [3.63, 3.8) is 0 Å². The van der Waals surface area contributed by atoms with E-state index in [1.54, 1.807) is 0 Å². The average molecular weight is 582 g/mol. The lowest BCUT2D eigenvalue weighted by Gasteiger charge is -2.09. The van der Waals surface area contributed by atoms with Crippen molar-refractivity contribution in [1.82, 2.24) is 15.0 Å². The molecule has 206 valence electrons. The third-order valence-electron chi connectivity index (χ3n) is 8.15. The molecular formula is C39H23N3OS. The molecule has 0 aliphatic rings. The molecule has 0 fully saturated rings. The van der Waals surface area contributed by atoms with Crippen molar-refractivity contribution < 1.29 is 4.42 Å². The van der Waals surface area contributed by atoms with Crippen molar-refractivity contribution in [3.05, 3.63) is 140 Å². The Morgan fingerprint density at radius 1 is 0.432 bits per heavy atom. The van der Waals surface area contributed by atoms with Gasteiger partial charge in [-0.3, -0.25) is 0 Å². The Labute approximate surface area is 256 Å². The molecule has 6 aromatic carbocycles. The molecule has 9 rings (SSSR count). The topological polar surface area (TPSA) is 51.8 Å². The predicted octanol–water partition coefficient (Wildman–Crippen LogP) is 10.8. The van der Waals surface area contributed by atoms with Gasteiger partial charge in [0.2, 0.25) is 0 Å². The van der Waals surface area contributed by atoms with Crippen LogP contribution < -0.4 is 0 Å². The van der Waals surface area contributed by atoms with Crippen molar-refractivity contribution in [1.29, 1.82) is 0 Å². The summed E-state index contributed by atoms with van der Waals surface area (Å²) in [6.45, 7) is 0. The minimum absolute atomic E-state index is 0.614. The predicted molar refractivity (Wildman–Crippen MR) is 182 cm³/mol. The van der Waals surface area contributed by atoms with Crippen LogP contribution in [0.3, 0.4) is 0 Å². The number of nitrogens with zero attached hydrogens (tertiary/aromatic N) is 3. The minimum Gasteiger partial charge on any atom is -0.455 e. The normalized spacial score (nSPS) is 11.6. The van der Waals surface area contributed by atoms with Crippen molar-refractivity contribution in [2.75, 3.05) is 0 Å².